The predicted octanol–water partition coefficient (Wildman–Crippen LogP) is 0.274. The van der Waals surface area contributed by atoms with Gasteiger partial charge in [-0.15, -0.1) is 0 Å². The first-order valence-electron chi connectivity index (χ1n) is 6.25. The zero-order valence-corrected chi connectivity index (χ0v) is 10.6. The van der Waals surface area contributed by atoms with Crippen LogP contribution in [0.25, 0.3) is 0 Å². The van der Waals surface area contributed by atoms with E-state index in [1.54, 1.807) is 0 Å². The third kappa shape index (κ3) is 3.72. The molecule has 6 heteroatoms. The van der Waals surface area contributed by atoms with Gasteiger partial charge in [0, 0.05) is 20.0 Å². The number of nitrogens with one attached hydrogen (secondary N) is 2. The van der Waals surface area contributed by atoms with Crippen molar-refractivity contribution >= 4 is 17.8 Å². The van der Waals surface area contributed by atoms with Crippen molar-refractivity contribution in [3.63, 3.8) is 0 Å². The third-order valence-electron chi connectivity index (χ3n) is 3.20. The monoisotopic (exact) mass is 256 g/mol. The molecule has 3 N–H and O–H groups in total. The number of amides is 2. The highest BCUT2D eigenvalue weighted by Gasteiger charge is 2.55. The summed E-state index contributed by atoms with van der Waals surface area (Å²) >= 11 is 0. The van der Waals surface area contributed by atoms with Crippen LogP contribution in [0.4, 0.5) is 0 Å². The highest BCUT2D eigenvalue weighted by atomic mass is 16.4. The maximum atomic E-state index is 11.8. The summed E-state index contributed by atoms with van der Waals surface area (Å²) in [7, 11) is 1.53. The molecule has 0 radical (unpaired) electrons. The normalized spacial score (nSPS) is 15.8. The number of carboxylic acid groups (broad SMARTS) is 1. The van der Waals surface area contributed by atoms with Crippen molar-refractivity contribution < 1.29 is 19.5 Å². The largest absolute Gasteiger partial charge is 0.481 e. The van der Waals surface area contributed by atoms with E-state index < -0.39 is 11.4 Å². The second kappa shape index (κ2) is 6.37. The maximum Gasteiger partial charge on any atom is 0.303 e. The van der Waals surface area contributed by atoms with Gasteiger partial charge in [-0.1, -0.05) is 6.42 Å². The van der Waals surface area contributed by atoms with Crippen LogP contribution < -0.4 is 10.6 Å². The Hall–Kier alpha value is -1.59. The van der Waals surface area contributed by atoms with Gasteiger partial charge in [-0.25, -0.2) is 0 Å². The summed E-state index contributed by atoms with van der Waals surface area (Å²) in [5, 5.41) is 13.7. The van der Waals surface area contributed by atoms with Crippen molar-refractivity contribution in [2.45, 2.75) is 38.5 Å². The van der Waals surface area contributed by atoms with Crippen LogP contribution in [0, 0.1) is 5.41 Å². The summed E-state index contributed by atoms with van der Waals surface area (Å²) in [5.74, 6) is -1.22. The van der Waals surface area contributed by atoms with E-state index in [0.717, 1.165) is 12.8 Å². The Morgan fingerprint density at radius 3 is 2.28 bits per heavy atom. The van der Waals surface area contributed by atoms with Gasteiger partial charge in [-0.3, -0.25) is 14.4 Å². The van der Waals surface area contributed by atoms with E-state index >= 15 is 0 Å². The van der Waals surface area contributed by atoms with Crippen LogP contribution in [0.2, 0.25) is 0 Å². The van der Waals surface area contributed by atoms with Crippen LogP contribution in [-0.2, 0) is 14.4 Å². The van der Waals surface area contributed by atoms with Crippen molar-refractivity contribution in [3.05, 3.63) is 0 Å². The lowest BCUT2D eigenvalue weighted by Gasteiger charge is -2.13. The molecule has 0 heterocycles. The number of aliphatic carboxylic acids is 1. The van der Waals surface area contributed by atoms with E-state index in [1.807, 2.05) is 0 Å². The number of carbonyl (C=O) groups is 3. The number of unbranched alkanes of at least 4 members (excludes halogenated alkanes) is 2. The molecule has 0 atom stereocenters. The SMILES string of the molecule is CNC(=O)C1(C(=O)NCCCCCC(=O)O)CC1. The first kappa shape index (κ1) is 14.5. The zero-order chi connectivity index (χ0) is 13.6. The lowest BCUT2D eigenvalue weighted by molar-refractivity contribution is -0.138. The fourth-order valence-corrected chi connectivity index (χ4v) is 1.87. The number of hydrogen-bond donors (Lipinski definition) is 3. The van der Waals surface area contributed by atoms with E-state index in [9.17, 15) is 14.4 Å². The Morgan fingerprint density at radius 1 is 1.11 bits per heavy atom. The van der Waals surface area contributed by atoms with E-state index in [1.165, 1.54) is 7.05 Å². The molecule has 0 aromatic heterocycles. The van der Waals surface area contributed by atoms with E-state index in [4.69, 9.17) is 5.11 Å². The van der Waals surface area contributed by atoms with Gasteiger partial charge in [0.15, 0.2) is 0 Å². The number of carbonyl (C=O) groups excluding carboxylic acids is 2. The topological polar surface area (TPSA) is 95.5 Å². The molecule has 0 aliphatic heterocycles. The fourth-order valence-electron chi connectivity index (χ4n) is 1.87. The van der Waals surface area contributed by atoms with Gasteiger partial charge in [-0.05, 0) is 25.7 Å². The lowest BCUT2D eigenvalue weighted by Crippen LogP contribution is -2.42. The Morgan fingerprint density at radius 2 is 1.78 bits per heavy atom. The van der Waals surface area contributed by atoms with Gasteiger partial charge < -0.3 is 15.7 Å². The molecule has 1 saturated carbocycles. The molecule has 18 heavy (non-hydrogen) atoms. The summed E-state index contributed by atoms with van der Waals surface area (Å²) in [6, 6.07) is 0. The Kier molecular flexibility index (Phi) is 5.12. The molecule has 0 bridgehead atoms. The molecule has 102 valence electrons. The molecule has 1 rings (SSSR count). The van der Waals surface area contributed by atoms with E-state index in [-0.39, 0.29) is 18.2 Å². The Balaban J connectivity index is 2.14. The van der Waals surface area contributed by atoms with Crippen molar-refractivity contribution in [1.82, 2.24) is 10.6 Å². The second-order valence-electron chi connectivity index (χ2n) is 4.62. The molecule has 1 aliphatic carbocycles. The quantitative estimate of drug-likeness (QED) is 0.429. The minimum atomic E-state index is -0.837. The molecular formula is C12H20N2O4. The van der Waals surface area contributed by atoms with Crippen LogP contribution in [0.3, 0.4) is 0 Å². The molecule has 0 saturated heterocycles. The molecule has 2 amide bonds. The van der Waals surface area contributed by atoms with Gasteiger partial charge in [-0.2, -0.15) is 0 Å². The summed E-state index contributed by atoms with van der Waals surface area (Å²) in [6.07, 6.45) is 3.50. The van der Waals surface area contributed by atoms with E-state index in [0.29, 0.717) is 25.8 Å². The van der Waals surface area contributed by atoms with Gasteiger partial charge in [0.25, 0.3) is 0 Å². The van der Waals surface area contributed by atoms with Gasteiger partial charge >= 0.3 is 5.97 Å². The predicted molar refractivity (Wildman–Crippen MR) is 64.8 cm³/mol. The Bertz CT molecular complexity index is 337. The lowest BCUT2D eigenvalue weighted by atomic mass is 10.1. The second-order valence-corrected chi connectivity index (χ2v) is 4.62. The highest BCUT2D eigenvalue weighted by Crippen LogP contribution is 2.45. The minimum absolute atomic E-state index is 0.163. The first-order valence-corrected chi connectivity index (χ1v) is 6.25. The smallest absolute Gasteiger partial charge is 0.303 e. The molecule has 1 aliphatic rings. The molecule has 0 aromatic carbocycles. The van der Waals surface area contributed by atoms with Crippen LogP contribution in [-0.4, -0.2) is 36.5 Å². The average molecular weight is 256 g/mol. The number of carboxylic acids is 1. The summed E-state index contributed by atoms with van der Waals surface area (Å²) < 4.78 is 0. The highest BCUT2D eigenvalue weighted by molar-refractivity contribution is 6.07. The van der Waals surface area contributed by atoms with Crippen molar-refractivity contribution in [2.24, 2.45) is 5.41 Å². The summed E-state index contributed by atoms with van der Waals surface area (Å²) in [5.41, 5.74) is -0.837. The van der Waals surface area contributed by atoms with Crippen LogP contribution in [0.5, 0.6) is 0 Å². The maximum absolute atomic E-state index is 11.8. The van der Waals surface area contributed by atoms with Crippen LogP contribution in [0.1, 0.15) is 38.5 Å². The zero-order valence-electron chi connectivity index (χ0n) is 10.6. The number of hydrogen-bond acceptors (Lipinski definition) is 3. The standard InChI is InChI=1S/C12H20N2O4/c1-13-10(17)12(6-7-12)11(18)14-8-4-2-3-5-9(15)16/h2-8H2,1H3,(H,13,17)(H,14,18)(H,15,16). The Labute approximate surface area is 106 Å². The third-order valence-corrected chi connectivity index (χ3v) is 3.20. The molecule has 6 nitrogen and oxygen atoms in total. The van der Waals surface area contributed by atoms with Crippen molar-refractivity contribution in [3.8, 4) is 0 Å². The first-order chi connectivity index (χ1) is 8.53. The molecule has 0 spiro atoms. The summed E-state index contributed by atoms with van der Waals surface area (Å²) in [6.45, 7) is 0.497. The van der Waals surface area contributed by atoms with E-state index in [2.05, 4.69) is 10.6 Å². The molecule has 0 aromatic rings. The van der Waals surface area contributed by atoms with Gasteiger partial charge in [0.05, 0.1) is 0 Å². The van der Waals surface area contributed by atoms with Crippen molar-refractivity contribution in [1.29, 1.82) is 0 Å². The van der Waals surface area contributed by atoms with Crippen molar-refractivity contribution in [2.75, 3.05) is 13.6 Å². The van der Waals surface area contributed by atoms with Gasteiger partial charge in [0.2, 0.25) is 11.8 Å². The number of rotatable bonds is 8. The fraction of sp³-hybridized carbons (Fsp3) is 0.750. The van der Waals surface area contributed by atoms with Gasteiger partial charge in [0.1, 0.15) is 5.41 Å². The molecular weight excluding hydrogens is 236 g/mol. The van der Waals surface area contributed by atoms with Crippen LogP contribution >= 0.6 is 0 Å². The average Bonchev–Trinajstić information content (AvgIpc) is 3.13. The molecule has 1 fully saturated rings. The van der Waals surface area contributed by atoms with Crippen LogP contribution in [0.15, 0.2) is 0 Å². The molecule has 0 unspecified atom stereocenters. The minimum Gasteiger partial charge on any atom is -0.481 e. The summed E-state index contributed by atoms with van der Waals surface area (Å²) in [4.78, 5) is 33.6.